The van der Waals surface area contributed by atoms with E-state index < -0.39 is 6.10 Å². The fourth-order valence-electron chi connectivity index (χ4n) is 1.98. The summed E-state index contributed by atoms with van der Waals surface area (Å²) < 4.78 is 18.6. The third kappa shape index (κ3) is 4.17. The van der Waals surface area contributed by atoms with Crippen LogP contribution in [0.2, 0.25) is 5.02 Å². The second-order valence-electron chi connectivity index (χ2n) is 4.62. The van der Waals surface area contributed by atoms with E-state index in [1.807, 2.05) is 0 Å². The first-order valence-electron chi connectivity index (χ1n) is 6.57. The Hall–Kier alpha value is -1.62. The second kappa shape index (κ2) is 7.41. The number of methoxy groups -OCH3 is 1. The van der Waals surface area contributed by atoms with Gasteiger partial charge in [0.2, 0.25) is 0 Å². The van der Waals surface area contributed by atoms with Gasteiger partial charge in [-0.05, 0) is 29.8 Å². The highest BCUT2D eigenvalue weighted by Gasteiger charge is 2.10. The van der Waals surface area contributed by atoms with Crippen LogP contribution in [0.15, 0.2) is 42.5 Å². The molecule has 112 valence electrons. The molecule has 0 saturated heterocycles. The largest absolute Gasteiger partial charge is 0.497 e. The summed E-state index contributed by atoms with van der Waals surface area (Å²) in [5, 5.41) is 13.5. The molecule has 2 rings (SSSR count). The third-order valence-electron chi connectivity index (χ3n) is 3.20. The normalized spacial score (nSPS) is 12.2. The van der Waals surface area contributed by atoms with Crippen LogP contribution in [0.1, 0.15) is 17.2 Å². The molecule has 2 aromatic rings. The van der Waals surface area contributed by atoms with Crippen LogP contribution in [0, 0.1) is 5.82 Å². The zero-order valence-electron chi connectivity index (χ0n) is 11.6. The molecule has 0 fully saturated rings. The maximum absolute atomic E-state index is 13.6. The maximum atomic E-state index is 13.6. The SMILES string of the molecule is COc1ccc(C(O)CNCc2c(F)cccc2Cl)cc1. The summed E-state index contributed by atoms with van der Waals surface area (Å²) in [6, 6.07) is 11.7. The van der Waals surface area contributed by atoms with Gasteiger partial charge in [-0.1, -0.05) is 29.8 Å². The predicted molar refractivity (Wildman–Crippen MR) is 81.1 cm³/mol. The molecule has 1 atom stereocenters. The molecule has 0 aliphatic heterocycles. The summed E-state index contributed by atoms with van der Waals surface area (Å²) in [4.78, 5) is 0. The molecule has 3 nitrogen and oxygen atoms in total. The van der Waals surface area contributed by atoms with Crippen molar-refractivity contribution in [3.8, 4) is 5.75 Å². The van der Waals surface area contributed by atoms with Crippen LogP contribution in [0.5, 0.6) is 5.75 Å². The minimum Gasteiger partial charge on any atom is -0.497 e. The van der Waals surface area contributed by atoms with Gasteiger partial charge in [-0.15, -0.1) is 0 Å². The molecule has 0 aliphatic carbocycles. The summed E-state index contributed by atoms with van der Waals surface area (Å²) in [7, 11) is 1.59. The van der Waals surface area contributed by atoms with Gasteiger partial charge in [-0.3, -0.25) is 0 Å². The highest BCUT2D eigenvalue weighted by atomic mass is 35.5. The fraction of sp³-hybridized carbons (Fsp3) is 0.250. The Morgan fingerprint density at radius 1 is 1.24 bits per heavy atom. The minimum absolute atomic E-state index is 0.263. The van der Waals surface area contributed by atoms with Gasteiger partial charge in [-0.25, -0.2) is 4.39 Å². The Morgan fingerprint density at radius 2 is 1.95 bits per heavy atom. The summed E-state index contributed by atoms with van der Waals surface area (Å²) in [6.45, 7) is 0.565. The van der Waals surface area contributed by atoms with Crippen molar-refractivity contribution in [1.82, 2.24) is 5.32 Å². The number of nitrogens with one attached hydrogen (secondary N) is 1. The number of hydrogen-bond acceptors (Lipinski definition) is 3. The zero-order valence-corrected chi connectivity index (χ0v) is 12.4. The molecule has 0 spiro atoms. The number of halogens is 2. The van der Waals surface area contributed by atoms with Gasteiger partial charge in [-0.2, -0.15) is 0 Å². The lowest BCUT2D eigenvalue weighted by Gasteiger charge is -2.13. The molecule has 0 aliphatic rings. The van der Waals surface area contributed by atoms with Gasteiger partial charge in [0.15, 0.2) is 0 Å². The summed E-state index contributed by atoms with van der Waals surface area (Å²) in [5.41, 5.74) is 1.17. The van der Waals surface area contributed by atoms with E-state index in [0.717, 1.165) is 11.3 Å². The molecule has 2 aromatic carbocycles. The predicted octanol–water partition coefficient (Wildman–Crippen LogP) is 3.31. The van der Waals surface area contributed by atoms with Crippen molar-refractivity contribution < 1.29 is 14.2 Å². The molecule has 0 amide bonds. The highest BCUT2D eigenvalue weighted by Crippen LogP contribution is 2.20. The lowest BCUT2D eigenvalue weighted by Crippen LogP contribution is -2.21. The van der Waals surface area contributed by atoms with Crippen LogP contribution in [-0.4, -0.2) is 18.8 Å². The van der Waals surface area contributed by atoms with Crippen molar-refractivity contribution >= 4 is 11.6 Å². The summed E-state index contributed by atoms with van der Waals surface area (Å²) in [5.74, 6) is 0.381. The van der Waals surface area contributed by atoms with Crippen LogP contribution >= 0.6 is 11.6 Å². The van der Waals surface area contributed by atoms with Crippen molar-refractivity contribution in [1.29, 1.82) is 0 Å². The average Bonchev–Trinajstić information content (AvgIpc) is 2.50. The number of aliphatic hydroxyl groups excluding tert-OH is 1. The fourth-order valence-corrected chi connectivity index (χ4v) is 2.21. The molecule has 0 heterocycles. The van der Waals surface area contributed by atoms with Gasteiger partial charge < -0.3 is 15.2 Å². The molecule has 1 unspecified atom stereocenters. The topological polar surface area (TPSA) is 41.5 Å². The number of aliphatic hydroxyl groups is 1. The number of hydrogen-bond donors (Lipinski definition) is 2. The van der Waals surface area contributed by atoms with Gasteiger partial charge >= 0.3 is 0 Å². The first-order valence-corrected chi connectivity index (χ1v) is 6.95. The van der Waals surface area contributed by atoms with E-state index in [4.69, 9.17) is 16.3 Å². The van der Waals surface area contributed by atoms with E-state index in [9.17, 15) is 9.50 Å². The molecule has 21 heavy (non-hydrogen) atoms. The average molecular weight is 310 g/mol. The number of ether oxygens (including phenoxy) is 1. The lowest BCUT2D eigenvalue weighted by molar-refractivity contribution is 0.174. The van der Waals surface area contributed by atoms with Gasteiger partial charge in [0.25, 0.3) is 0 Å². The Morgan fingerprint density at radius 3 is 2.57 bits per heavy atom. The van der Waals surface area contributed by atoms with Crippen molar-refractivity contribution in [3.63, 3.8) is 0 Å². The van der Waals surface area contributed by atoms with Crippen molar-refractivity contribution in [2.45, 2.75) is 12.6 Å². The zero-order chi connectivity index (χ0) is 15.2. The molecule has 0 bridgehead atoms. The van der Waals surface area contributed by atoms with E-state index in [1.165, 1.54) is 6.07 Å². The van der Waals surface area contributed by atoms with Crippen molar-refractivity contribution in [2.75, 3.05) is 13.7 Å². The van der Waals surface area contributed by atoms with Crippen LogP contribution in [-0.2, 0) is 6.54 Å². The van der Waals surface area contributed by atoms with E-state index >= 15 is 0 Å². The van der Waals surface area contributed by atoms with Gasteiger partial charge in [0.05, 0.1) is 13.2 Å². The molecule has 0 saturated carbocycles. The van der Waals surface area contributed by atoms with E-state index in [0.29, 0.717) is 17.1 Å². The van der Waals surface area contributed by atoms with E-state index in [1.54, 1.807) is 43.5 Å². The quantitative estimate of drug-likeness (QED) is 0.860. The second-order valence-corrected chi connectivity index (χ2v) is 5.03. The molecular formula is C16H17ClFNO2. The Labute approximate surface area is 128 Å². The van der Waals surface area contributed by atoms with Crippen molar-refractivity contribution in [2.24, 2.45) is 0 Å². The molecular weight excluding hydrogens is 293 g/mol. The van der Waals surface area contributed by atoms with Crippen LogP contribution in [0.4, 0.5) is 4.39 Å². The Balaban J connectivity index is 1.90. The standard InChI is InChI=1S/C16H17ClFNO2/c1-21-12-7-5-11(6-8-12)16(20)10-19-9-13-14(17)3-2-4-15(13)18/h2-8,16,19-20H,9-10H2,1H3. The maximum Gasteiger partial charge on any atom is 0.129 e. The summed E-state index contributed by atoms with van der Waals surface area (Å²) >= 11 is 5.94. The highest BCUT2D eigenvalue weighted by molar-refractivity contribution is 6.31. The monoisotopic (exact) mass is 309 g/mol. The summed E-state index contributed by atoms with van der Waals surface area (Å²) in [6.07, 6.45) is -0.679. The van der Waals surface area contributed by atoms with E-state index in [-0.39, 0.29) is 12.4 Å². The van der Waals surface area contributed by atoms with Crippen molar-refractivity contribution in [3.05, 3.63) is 64.4 Å². The first kappa shape index (κ1) is 15.8. The minimum atomic E-state index is -0.679. The lowest BCUT2D eigenvalue weighted by atomic mass is 10.1. The molecule has 2 N–H and O–H groups in total. The Kier molecular flexibility index (Phi) is 5.56. The third-order valence-corrected chi connectivity index (χ3v) is 3.56. The molecule has 0 radical (unpaired) electrons. The van der Waals surface area contributed by atoms with E-state index in [2.05, 4.69) is 5.32 Å². The van der Waals surface area contributed by atoms with Crippen LogP contribution < -0.4 is 10.1 Å². The first-order chi connectivity index (χ1) is 10.1. The number of rotatable bonds is 6. The number of benzene rings is 2. The van der Waals surface area contributed by atoms with Crippen LogP contribution in [0.25, 0.3) is 0 Å². The molecule has 0 aromatic heterocycles. The van der Waals surface area contributed by atoms with Gasteiger partial charge in [0.1, 0.15) is 11.6 Å². The Bertz CT molecular complexity index is 569. The smallest absolute Gasteiger partial charge is 0.129 e. The van der Waals surface area contributed by atoms with Crippen LogP contribution in [0.3, 0.4) is 0 Å². The molecule has 5 heteroatoms. The van der Waals surface area contributed by atoms with Gasteiger partial charge in [0, 0.05) is 23.7 Å².